The predicted octanol–water partition coefficient (Wildman–Crippen LogP) is 3.83. The molecule has 0 fully saturated rings. The molecule has 0 saturated heterocycles. The van der Waals surface area contributed by atoms with Crippen molar-refractivity contribution < 1.29 is 4.79 Å². The summed E-state index contributed by atoms with van der Waals surface area (Å²) in [5.74, 6) is 0.437. The van der Waals surface area contributed by atoms with Gasteiger partial charge in [0.05, 0.1) is 17.9 Å². The minimum Gasteiger partial charge on any atom is -0.326 e. The van der Waals surface area contributed by atoms with Gasteiger partial charge in [-0.1, -0.05) is 24.3 Å². The smallest absolute Gasteiger partial charge is 0.247 e. The van der Waals surface area contributed by atoms with Crippen LogP contribution in [0.4, 0.5) is 17.3 Å². The third-order valence-electron chi connectivity index (χ3n) is 5.40. The Hall–Kier alpha value is -4.25. The van der Waals surface area contributed by atoms with Gasteiger partial charge in [-0.2, -0.15) is 10.2 Å². The minimum atomic E-state index is -0.556. The molecular formula is C23H19N7O. The Kier molecular flexibility index (Phi) is 4.19. The molecule has 1 aliphatic heterocycles. The molecule has 0 atom stereocenters. The maximum atomic E-state index is 11.6. The summed E-state index contributed by atoms with van der Waals surface area (Å²) in [6.07, 6.45) is 3.80. The molecule has 0 saturated carbocycles. The lowest BCUT2D eigenvalue weighted by molar-refractivity contribution is -0.115. The Morgan fingerprint density at radius 1 is 1.19 bits per heavy atom. The van der Waals surface area contributed by atoms with Crippen LogP contribution in [0, 0.1) is 11.3 Å². The van der Waals surface area contributed by atoms with Crippen LogP contribution in [0.1, 0.15) is 25.0 Å². The molecule has 8 heteroatoms. The van der Waals surface area contributed by atoms with E-state index in [1.165, 1.54) is 0 Å². The van der Waals surface area contributed by atoms with E-state index in [4.69, 9.17) is 0 Å². The number of amides is 1. The number of hydrogen-bond acceptors (Lipinski definition) is 6. The molecule has 2 N–H and O–H groups in total. The fraction of sp³-hybridized carbons (Fsp3) is 0.174. The number of nitriles is 1. The molecule has 5 rings (SSSR count). The fourth-order valence-corrected chi connectivity index (χ4v) is 3.62. The summed E-state index contributed by atoms with van der Waals surface area (Å²) in [7, 11) is 0. The molecule has 4 aromatic rings. The van der Waals surface area contributed by atoms with E-state index in [9.17, 15) is 10.1 Å². The van der Waals surface area contributed by atoms with Crippen molar-refractivity contribution in [2.24, 2.45) is 0 Å². The van der Waals surface area contributed by atoms with Gasteiger partial charge in [-0.15, -0.1) is 5.10 Å². The monoisotopic (exact) mass is 409 g/mol. The van der Waals surface area contributed by atoms with Crippen LogP contribution < -0.4 is 10.6 Å². The third kappa shape index (κ3) is 3.36. The summed E-state index contributed by atoms with van der Waals surface area (Å²) in [6, 6.07) is 15.8. The zero-order valence-corrected chi connectivity index (χ0v) is 17.0. The normalized spacial score (nSPS) is 13.0. The van der Waals surface area contributed by atoms with Crippen molar-refractivity contribution in [1.29, 1.82) is 5.26 Å². The van der Waals surface area contributed by atoms with Gasteiger partial charge >= 0.3 is 0 Å². The molecule has 152 valence electrons. The summed E-state index contributed by atoms with van der Waals surface area (Å²) in [5, 5.41) is 19.9. The Bertz CT molecular complexity index is 1360. The number of nitrogens with zero attached hydrogens (tertiary/aromatic N) is 5. The first kappa shape index (κ1) is 18.8. The van der Waals surface area contributed by atoms with E-state index in [-0.39, 0.29) is 5.91 Å². The van der Waals surface area contributed by atoms with Gasteiger partial charge in [0.2, 0.25) is 11.9 Å². The number of fused-ring (bicyclic) bond motifs is 2. The SMILES string of the molecule is CC(C)(C#N)c1ccc(-c2nccn3nc(Nc4ccc5c(c4)CC(=O)N5)nc23)cc1. The lowest BCUT2D eigenvalue weighted by Gasteiger charge is -2.15. The molecular weight excluding hydrogens is 390 g/mol. The van der Waals surface area contributed by atoms with E-state index in [0.29, 0.717) is 23.7 Å². The standard InChI is InChI=1S/C23H19N7O/c1-23(2,13-24)16-5-3-14(4-6-16)20-21-28-22(29-30(21)10-9-25-20)26-17-7-8-18-15(11-17)12-19(31)27-18/h3-11H,12H2,1-2H3,(H,26,29)(H,27,31). The summed E-state index contributed by atoms with van der Waals surface area (Å²) < 4.78 is 1.68. The van der Waals surface area contributed by atoms with Gasteiger partial charge in [-0.3, -0.25) is 9.78 Å². The second kappa shape index (κ2) is 6.92. The van der Waals surface area contributed by atoms with Crippen molar-refractivity contribution in [2.75, 3.05) is 10.6 Å². The number of carbonyl (C=O) groups is 1. The lowest BCUT2D eigenvalue weighted by Crippen LogP contribution is -2.13. The van der Waals surface area contributed by atoms with Crippen LogP contribution in [0.2, 0.25) is 0 Å². The first-order valence-electron chi connectivity index (χ1n) is 9.86. The summed E-state index contributed by atoms with van der Waals surface area (Å²) >= 11 is 0. The number of aromatic nitrogens is 4. The molecule has 8 nitrogen and oxygen atoms in total. The van der Waals surface area contributed by atoms with Gasteiger partial charge in [0.15, 0.2) is 5.65 Å². The van der Waals surface area contributed by atoms with Crippen molar-refractivity contribution >= 4 is 28.9 Å². The van der Waals surface area contributed by atoms with Crippen LogP contribution >= 0.6 is 0 Å². The first-order valence-corrected chi connectivity index (χ1v) is 9.86. The van der Waals surface area contributed by atoms with Gasteiger partial charge in [-0.25, -0.2) is 4.52 Å². The zero-order chi connectivity index (χ0) is 21.6. The topological polar surface area (TPSA) is 108 Å². The number of anilines is 3. The summed E-state index contributed by atoms with van der Waals surface area (Å²) in [6.45, 7) is 3.78. The Morgan fingerprint density at radius 3 is 2.77 bits per heavy atom. The highest BCUT2D eigenvalue weighted by atomic mass is 16.1. The van der Waals surface area contributed by atoms with Gasteiger partial charge in [0, 0.05) is 29.3 Å². The molecule has 2 aromatic carbocycles. The number of carbonyl (C=O) groups excluding carboxylic acids is 1. The highest BCUT2D eigenvalue weighted by molar-refractivity contribution is 5.99. The minimum absolute atomic E-state index is 0.00195. The average Bonchev–Trinajstić information content (AvgIpc) is 3.35. The van der Waals surface area contributed by atoms with Gasteiger partial charge < -0.3 is 10.6 Å². The lowest BCUT2D eigenvalue weighted by atomic mass is 9.86. The van der Waals surface area contributed by atoms with Crippen molar-refractivity contribution in [3.05, 3.63) is 66.0 Å². The van der Waals surface area contributed by atoms with E-state index < -0.39 is 5.41 Å². The van der Waals surface area contributed by atoms with Crippen LogP contribution in [0.5, 0.6) is 0 Å². The van der Waals surface area contributed by atoms with E-state index in [0.717, 1.165) is 28.1 Å². The third-order valence-corrected chi connectivity index (χ3v) is 5.40. The Labute approximate surface area is 178 Å². The molecule has 0 bridgehead atoms. The maximum Gasteiger partial charge on any atom is 0.247 e. The summed E-state index contributed by atoms with van der Waals surface area (Å²) in [5.41, 5.74) is 5.20. The van der Waals surface area contributed by atoms with Crippen LogP contribution in [-0.4, -0.2) is 25.5 Å². The largest absolute Gasteiger partial charge is 0.326 e. The van der Waals surface area contributed by atoms with Crippen LogP contribution in [0.15, 0.2) is 54.9 Å². The van der Waals surface area contributed by atoms with Crippen LogP contribution in [-0.2, 0) is 16.6 Å². The quantitative estimate of drug-likeness (QED) is 0.530. The maximum absolute atomic E-state index is 11.6. The summed E-state index contributed by atoms with van der Waals surface area (Å²) in [4.78, 5) is 20.7. The molecule has 0 spiro atoms. The molecule has 1 aliphatic rings. The fourth-order valence-electron chi connectivity index (χ4n) is 3.62. The number of benzene rings is 2. The highest BCUT2D eigenvalue weighted by Gasteiger charge is 2.20. The van der Waals surface area contributed by atoms with Crippen LogP contribution in [0.25, 0.3) is 16.9 Å². The molecule has 31 heavy (non-hydrogen) atoms. The predicted molar refractivity (Wildman–Crippen MR) is 117 cm³/mol. The first-order chi connectivity index (χ1) is 14.9. The van der Waals surface area contributed by atoms with Gasteiger partial charge in [-0.05, 0) is 43.2 Å². The molecule has 0 radical (unpaired) electrons. The van der Waals surface area contributed by atoms with E-state index in [1.807, 2.05) is 56.3 Å². The zero-order valence-electron chi connectivity index (χ0n) is 17.0. The van der Waals surface area contributed by atoms with Gasteiger partial charge in [0.1, 0.15) is 5.69 Å². The molecule has 3 heterocycles. The second-order valence-electron chi connectivity index (χ2n) is 8.02. The van der Waals surface area contributed by atoms with E-state index in [1.54, 1.807) is 16.9 Å². The molecule has 0 aliphatic carbocycles. The second-order valence-corrected chi connectivity index (χ2v) is 8.02. The Morgan fingerprint density at radius 2 is 2.00 bits per heavy atom. The Balaban J connectivity index is 1.47. The number of nitrogens with one attached hydrogen (secondary N) is 2. The number of rotatable bonds is 4. The van der Waals surface area contributed by atoms with Crippen molar-refractivity contribution in [1.82, 2.24) is 19.6 Å². The molecule has 1 amide bonds. The van der Waals surface area contributed by atoms with Crippen molar-refractivity contribution in [3.8, 4) is 17.3 Å². The van der Waals surface area contributed by atoms with Crippen LogP contribution in [0.3, 0.4) is 0 Å². The van der Waals surface area contributed by atoms with Crippen molar-refractivity contribution in [2.45, 2.75) is 25.7 Å². The van der Waals surface area contributed by atoms with E-state index >= 15 is 0 Å². The highest BCUT2D eigenvalue weighted by Crippen LogP contribution is 2.29. The molecule has 0 unspecified atom stereocenters. The van der Waals surface area contributed by atoms with E-state index in [2.05, 4.69) is 31.8 Å². The average molecular weight is 409 g/mol. The molecule has 2 aromatic heterocycles. The number of hydrogen-bond donors (Lipinski definition) is 2. The van der Waals surface area contributed by atoms with Crippen molar-refractivity contribution in [3.63, 3.8) is 0 Å². The van der Waals surface area contributed by atoms with Gasteiger partial charge in [0.25, 0.3) is 0 Å².